The van der Waals surface area contributed by atoms with Crippen molar-refractivity contribution in [3.8, 4) is 12.3 Å². The number of rotatable bonds is 4. The number of hydrogen-bond donors (Lipinski definition) is 1. The second-order valence-corrected chi connectivity index (χ2v) is 3.00. The Morgan fingerprint density at radius 1 is 1.75 bits per heavy atom. The lowest BCUT2D eigenvalue weighted by molar-refractivity contribution is 0.161. The molecule has 0 aliphatic carbocycles. The van der Waals surface area contributed by atoms with Crippen molar-refractivity contribution < 1.29 is 5.11 Å². The lowest BCUT2D eigenvalue weighted by atomic mass is 10.1. The monoisotopic (exact) mass is 182 g/mol. The highest BCUT2D eigenvalue weighted by molar-refractivity contribution is 6.99. The molecule has 1 aromatic heterocycles. The third-order valence-corrected chi connectivity index (χ3v) is 2.01. The molecule has 0 aliphatic rings. The van der Waals surface area contributed by atoms with Gasteiger partial charge in [-0.1, -0.05) is 0 Å². The molecule has 0 amide bonds. The molecule has 1 heterocycles. The van der Waals surface area contributed by atoms with Gasteiger partial charge >= 0.3 is 0 Å². The smallest absolute Gasteiger partial charge is 0.103 e. The number of hydrogen-bond acceptors (Lipinski definition) is 4. The Labute approximate surface area is 75.8 Å². The SMILES string of the molecule is C#CCCCC(O)c1cnsn1. The fourth-order valence-corrected chi connectivity index (χ4v) is 1.33. The van der Waals surface area contributed by atoms with Gasteiger partial charge in [0.2, 0.25) is 0 Å². The van der Waals surface area contributed by atoms with E-state index < -0.39 is 6.10 Å². The van der Waals surface area contributed by atoms with Crippen molar-refractivity contribution in [3.05, 3.63) is 11.9 Å². The van der Waals surface area contributed by atoms with Crippen LogP contribution in [0.1, 0.15) is 31.1 Å². The quantitative estimate of drug-likeness (QED) is 0.565. The summed E-state index contributed by atoms with van der Waals surface area (Å²) in [5, 5.41) is 9.47. The molecule has 0 fully saturated rings. The minimum absolute atomic E-state index is 0.503. The predicted octanol–water partition coefficient (Wildman–Crippen LogP) is 1.37. The number of aromatic nitrogens is 2. The minimum Gasteiger partial charge on any atom is -0.387 e. The van der Waals surface area contributed by atoms with Crippen LogP contribution in [0.25, 0.3) is 0 Å². The second-order valence-electron chi connectivity index (χ2n) is 2.44. The van der Waals surface area contributed by atoms with Crippen molar-refractivity contribution in [2.24, 2.45) is 0 Å². The van der Waals surface area contributed by atoms with Gasteiger partial charge in [-0.25, -0.2) is 0 Å². The predicted molar refractivity (Wildman–Crippen MR) is 47.6 cm³/mol. The fraction of sp³-hybridized carbons (Fsp3) is 0.500. The Balaban J connectivity index is 2.30. The highest BCUT2D eigenvalue weighted by atomic mass is 32.1. The number of terminal acetylenes is 1. The first kappa shape index (κ1) is 9.17. The van der Waals surface area contributed by atoms with Crippen molar-refractivity contribution in [1.82, 2.24) is 8.75 Å². The van der Waals surface area contributed by atoms with Crippen LogP contribution in [0.5, 0.6) is 0 Å². The highest BCUT2D eigenvalue weighted by Gasteiger charge is 2.08. The Bertz CT molecular complexity index is 253. The zero-order valence-corrected chi connectivity index (χ0v) is 7.42. The molecule has 1 atom stereocenters. The maximum atomic E-state index is 9.47. The van der Waals surface area contributed by atoms with E-state index in [2.05, 4.69) is 14.7 Å². The average molecular weight is 182 g/mol. The van der Waals surface area contributed by atoms with E-state index in [1.807, 2.05) is 0 Å². The zero-order chi connectivity index (χ0) is 8.81. The fourth-order valence-electron chi connectivity index (χ4n) is 0.864. The molecule has 1 rings (SSSR count). The van der Waals surface area contributed by atoms with Crippen molar-refractivity contribution >= 4 is 11.7 Å². The number of aliphatic hydroxyl groups is 1. The van der Waals surface area contributed by atoms with Crippen molar-refractivity contribution in [3.63, 3.8) is 0 Å². The largest absolute Gasteiger partial charge is 0.387 e. The average Bonchev–Trinajstić information content (AvgIpc) is 2.56. The molecule has 64 valence electrons. The molecule has 0 saturated carbocycles. The Hall–Kier alpha value is -0.920. The van der Waals surface area contributed by atoms with Gasteiger partial charge in [-0.3, -0.25) is 0 Å². The standard InChI is InChI=1S/C8H10N2OS/c1-2-3-4-5-8(11)7-6-9-12-10-7/h1,6,8,11H,3-5H2. The number of unbranched alkanes of at least 4 members (excludes halogenated alkanes) is 1. The van der Waals surface area contributed by atoms with E-state index in [0.717, 1.165) is 18.1 Å². The van der Waals surface area contributed by atoms with Gasteiger partial charge in [0.1, 0.15) is 5.69 Å². The van der Waals surface area contributed by atoms with Crippen molar-refractivity contribution in [2.45, 2.75) is 25.4 Å². The number of aliphatic hydroxyl groups excluding tert-OH is 1. The molecule has 3 nitrogen and oxygen atoms in total. The van der Waals surface area contributed by atoms with Gasteiger partial charge in [0.15, 0.2) is 0 Å². The molecule has 1 unspecified atom stereocenters. The molecule has 1 aromatic rings. The van der Waals surface area contributed by atoms with Crippen LogP contribution < -0.4 is 0 Å². The van der Waals surface area contributed by atoms with E-state index in [1.165, 1.54) is 0 Å². The topological polar surface area (TPSA) is 46.0 Å². The maximum Gasteiger partial charge on any atom is 0.103 e. The summed E-state index contributed by atoms with van der Waals surface area (Å²) < 4.78 is 7.73. The first-order chi connectivity index (χ1) is 5.84. The molecular weight excluding hydrogens is 172 g/mol. The lowest BCUT2D eigenvalue weighted by Crippen LogP contribution is -1.96. The molecule has 0 aromatic carbocycles. The Morgan fingerprint density at radius 2 is 2.58 bits per heavy atom. The molecule has 12 heavy (non-hydrogen) atoms. The lowest BCUT2D eigenvalue weighted by Gasteiger charge is -2.03. The summed E-state index contributed by atoms with van der Waals surface area (Å²) in [7, 11) is 0. The molecule has 0 aliphatic heterocycles. The summed E-state index contributed by atoms with van der Waals surface area (Å²) in [4.78, 5) is 0. The van der Waals surface area contributed by atoms with Crippen LogP contribution in [0, 0.1) is 12.3 Å². The van der Waals surface area contributed by atoms with Crippen molar-refractivity contribution in [2.75, 3.05) is 0 Å². The van der Waals surface area contributed by atoms with Gasteiger partial charge in [0.25, 0.3) is 0 Å². The van der Waals surface area contributed by atoms with Crippen LogP contribution in [0.4, 0.5) is 0 Å². The van der Waals surface area contributed by atoms with Gasteiger partial charge in [-0.2, -0.15) is 8.75 Å². The van der Waals surface area contributed by atoms with Crippen LogP contribution in [0.3, 0.4) is 0 Å². The van der Waals surface area contributed by atoms with E-state index in [0.29, 0.717) is 18.5 Å². The highest BCUT2D eigenvalue weighted by Crippen LogP contribution is 2.16. The van der Waals surface area contributed by atoms with E-state index in [-0.39, 0.29) is 0 Å². The molecule has 0 saturated heterocycles. The van der Waals surface area contributed by atoms with Crippen LogP contribution in [0.15, 0.2) is 6.20 Å². The summed E-state index contributed by atoms with van der Waals surface area (Å²) in [5.74, 6) is 2.52. The molecule has 0 spiro atoms. The van der Waals surface area contributed by atoms with E-state index >= 15 is 0 Å². The molecule has 1 N–H and O–H groups in total. The van der Waals surface area contributed by atoms with Gasteiger partial charge in [-0.15, -0.1) is 12.3 Å². The van der Waals surface area contributed by atoms with Crippen LogP contribution in [-0.2, 0) is 0 Å². The third-order valence-electron chi connectivity index (χ3n) is 1.52. The van der Waals surface area contributed by atoms with Crippen LogP contribution in [0.2, 0.25) is 0 Å². The van der Waals surface area contributed by atoms with Gasteiger partial charge in [0, 0.05) is 6.42 Å². The third kappa shape index (κ3) is 2.61. The normalized spacial score (nSPS) is 12.3. The molecule has 4 heteroatoms. The summed E-state index contributed by atoms with van der Waals surface area (Å²) in [6.07, 6.45) is 8.36. The number of nitrogens with zero attached hydrogens (tertiary/aromatic N) is 2. The van der Waals surface area contributed by atoms with Crippen LogP contribution in [-0.4, -0.2) is 13.9 Å². The van der Waals surface area contributed by atoms with Gasteiger partial charge in [0.05, 0.1) is 24.0 Å². The molecule has 0 bridgehead atoms. The van der Waals surface area contributed by atoms with Gasteiger partial charge < -0.3 is 5.11 Å². The zero-order valence-electron chi connectivity index (χ0n) is 6.60. The Morgan fingerprint density at radius 3 is 3.17 bits per heavy atom. The summed E-state index contributed by atoms with van der Waals surface area (Å²) in [6, 6.07) is 0. The maximum absolute atomic E-state index is 9.47. The second kappa shape index (κ2) is 4.86. The molecular formula is C8H10N2OS. The first-order valence-electron chi connectivity index (χ1n) is 3.73. The van der Waals surface area contributed by atoms with E-state index in [4.69, 9.17) is 6.42 Å². The molecule has 0 radical (unpaired) electrons. The Kier molecular flexibility index (Phi) is 3.71. The van der Waals surface area contributed by atoms with E-state index in [9.17, 15) is 5.11 Å². The van der Waals surface area contributed by atoms with Crippen molar-refractivity contribution in [1.29, 1.82) is 0 Å². The minimum atomic E-state index is -0.503. The summed E-state index contributed by atoms with van der Waals surface area (Å²) in [6.45, 7) is 0. The first-order valence-corrected chi connectivity index (χ1v) is 4.46. The summed E-state index contributed by atoms with van der Waals surface area (Å²) >= 11 is 1.11. The van der Waals surface area contributed by atoms with Crippen LogP contribution >= 0.6 is 11.7 Å². The van der Waals surface area contributed by atoms with Gasteiger partial charge in [-0.05, 0) is 12.8 Å². The van der Waals surface area contributed by atoms with E-state index in [1.54, 1.807) is 6.20 Å². The summed E-state index contributed by atoms with van der Waals surface area (Å²) in [5.41, 5.74) is 0.650.